The quantitative estimate of drug-likeness (QED) is 0.695. The second kappa shape index (κ2) is 5.44. The van der Waals surface area contributed by atoms with Gasteiger partial charge in [0.25, 0.3) is 0 Å². The highest BCUT2D eigenvalue weighted by Gasteiger charge is 2.00. The molecular weight excluding hydrogens is 206 g/mol. The summed E-state index contributed by atoms with van der Waals surface area (Å²) < 4.78 is 0. The Labute approximate surface area is 103 Å². The number of rotatable bonds is 3. The molecule has 86 valence electrons. The Bertz CT molecular complexity index is 512. The molecule has 2 rings (SSSR count). The smallest absolute Gasteiger partial charge is 0.0361 e. The van der Waals surface area contributed by atoms with E-state index in [1.807, 2.05) is 19.2 Å². The van der Waals surface area contributed by atoms with Gasteiger partial charge in [0, 0.05) is 12.8 Å². The van der Waals surface area contributed by atoms with Crippen molar-refractivity contribution in [2.75, 3.05) is 6.54 Å². The van der Waals surface area contributed by atoms with Gasteiger partial charge >= 0.3 is 0 Å². The number of hydrogen-bond donors (Lipinski definition) is 0. The molecule has 0 aliphatic carbocycles. The topological polar surface area (TPSA) is 12.4 Å². The SMILES string of the molecule is CCN=Cc1cc(-c2ccccc2)ccc1C. The summed E-state index contributed by atoms with van der Waals surface area (Å²) in [5, 5.41) is 0. The van der Waals surface area contributed by atoms with Gasteiger partial charge in [0.1, 0.15) is 0 Å². The molecule has 0 fully saturated rings. The zero-order chi connectivity index (χ0) is 12.1. The van der Waals surface area contributed by atoms with Crippen molar-refractivity contribution >= 4 is 6.21 Å². The van der Waals surface area contributed by atoms with Crippen molar-refractivity contribution in [3.8, 4) is 11.1 Å². The number of hydrogen-bond acceptors (Lipinski definition) is 1. The van der Waals surface area contributed by atoms with E-state index in [1.165, 1.54) is 22.3 Å². The first-order valence-corrected chi connectivity index (χ1v) is 5.97. The molecule has 0 spiro atoms. The number of benzene rings is 2. The summed E-state index contributed by atoms with van der Waals surface area (Å²) in [7, 11) is 0. The molecule has 0 bridgehead atoms. The zero-order valence-electron chi connectivity index (χ0n) is 10.4. The second-order valence-electron chi connectivity index (χ2n) is 4.07. The van der Waals surface area contributed by atoms with Crippen LogP contribution in [-0.4, -0.2) is 12.8 Å². The first-order chi connectivity index (χ1) is 8.31. The lowest BCUT2D eigenvalue weighted by molar-refractivity contribution is 1.14. The monoisotopic (exact) mass is 223 g/mol. The molecular formula is C16H17N. The van der Waals surface area contributed by atoms with Gasteiger partial charge in [0.15, 0.2) is 0 Å². The van der Waals surface area contributed by atoms with E-state index in [0.29, 0.717) is 0 Å². The predicted molar refractivity (Wildman–Crippen MR) is 74.8 cm³/mol. The normalized spacial score (nSPS) is 10.9. The van der Waals surface area contributed by atoms with Gasteiger partial charge in [-0.05, 0) is 42.2 Å². The molecule has 0 saturated carbocycles. The van der Waals surface area contributed by atoms with Gasteiger partial charge in [-0.1, -0.05) is 42.5 Å². The van der Waals surface area contributed by atoms with Crippen molar-refractivity contribution in [2.45, 2.75) is 13.8 Å². The highest BCUT2D eigenvalue weighted by Crippen LogP contribution is 2.21. The third-order valence-electron chi connectivity index (χ3n) is 2.80. The van der Waals surface area contributed by atoms with Crippen LogP contribution in [0.5, 0.6) is 0 Å². The summed E-state index contributed by atoms with van der Waals surface area (Å²) in [5.41, 5.74) is 4.96. The third kappa shape index (κ3) is 2.82. The second-order valence-corrected chi connectivity index (χ2v) is 4.07. The average Bonchev–Trinajstić information content (AvgIpc) is 2.39. The average molecular weight is 223 g/mol. The van der Waals surface area contributed by atoms with Crippen LogP contribution in [-0.2, 0) is 0 Å². The molecule has 0 aliphatic rings. The van der Waals surface area contributed by atoms with E-state index in [0.717, 1.165) is 6.54 Å². The van der Waals surface area contributed by atoms with E-state index in [4.69, 9.17) is 0 Å². The van der Waals surface area contributed by atoms with Gasteiger partial charge in [-0.15, -0.1) is 0 Å². The fraction of sp³-hybridized carbons (Fsp3) is 0.188. The molecule has 1 heteroatoms. The molecule has 0 aliphatic heterocycles. The van der Waals surface area contributed by atoms with E-state index in [1.54, 1.807) is 0 Å². The number of nitrogens with zero attached hydrogens (tertiary/aromatic N) is 1. The third-order valence-corrected chi connectivity index (χ3v) is 2.80. The maximum Gasteiger partial charge on any atom is 0.0361 e. The minimum atomic E-state index is 0.828. The highest BCUT2D eigenvalue weighted by atomic mass is 14.7. The van der Waals surface area contributed by atoms with Crippen molar-refractivity contribution in [3.05, 3.63) is 59.7 Å². The molecule has 2 aromatic carbocycles. The maximum atomic E-state index is 4.31. The molecule has 1 nitrogen and oxygen atoms in total. The Morgan fingerprint density at radius 3 is 2.47 bits per heavy atom. The van der Waals surface area contributed by atoms with Gasteiger partial charge in [0.05, 0.1) is 0 Å². The molecule has 0 atom stereocenters. The van der Waals surface area contributed by atoms with E-state index < -0.39 is 0 Å². The molecule has 17 heavy (non-hydrogen) atoms. The van der Waals surface area contributed by atoms with Gasteiger partial charge in [-0.2, -0.15) is 0 Å². The van der Waals surface area contributed by atoms with Crippen LogP contribution in [0.2, 0.25) is 0 Å². The molecule has 2 aromatic rings. The summed E-state index contributed by atoms with van der Waals surface area (Å²) in [6, 6.07) is 16.9. The molecule has 0 heterocycles. The van der Waals surface area contributed by atoms with Crippen LogP contribution in [0.4, 0.5) is 0 Å². The van der Waals surface area contributed by atoms with E-state index >= 15 is 0 Å². The van der Waals surface area contributed by atoms with E-state index in [9.17, 15) is 0 Å². The molecule has 0 aromatic heterocycles. The first kappa shape index (κ1) is 11.6. The van der Waals surface area contributed by atoms with Crippen LogP contribution < -0.4 is 0 Å². The van der Waals surface area contributed by atoms with Crippen molar-refractivity contribution < 1.29 is 0 Å². The van der Waals surface area contributed by atoms with Crippen molar-refractivity contribution in [1.29, 1.82) is 0 Å². The fourth-order valence-electron chi connectivity index (χ4n) is 1.78. The highest BCUT2D eigenvalue weighted by molar-refractivity contribution is 5.84. The van der Waals surface area contributed by atoms with Gasteiger partial charge < -0.3 is 0 Å². The molecule has 0 unspecified atom stereocenters. The summed E-state index contributed by atoms with van der Waals surface area (Å²) in [4.78, 5) is 4.31. The number of aliphatic imine (C=N–C) groups is 1. The minimum absolute atomic E-state index is 0.828. The Balaban J connectivity index is 2.41. The van der Waals surface area contributed by atoms with Gasteiger partial charge in [0.2, 0.25) is 0 Å². The van der Waals surface area contributed by atoms with E-state index in [-0.39, 0.29) is 0 Å². The molecule has 0 saturated heterocycles. The van der Waals surface area contributed by atoms with E-state index in [2.05, 4.69) is 54.4 Å². The van der Waals surface area contributed by atoms with Crippen LogP contribution in [0.25, 0.3) is 11.1 Å². The fourth-order valence-corrected chi connectivity index (χ4v) is 1.78. The van der Waals surface area contributed by atoms with Crippen LogP contribution in [0, 0.1) is 6.92 Å². The largest absolute Gasteiger partial charge is 0.293 e. The Kier molecular flexibility index (Phi) is 3.71. The summed E-state index contributed by atoms with van der Waals surface area (Å²) in [6.45, 7) is 4.99. The predicted octanol–water partition coefficient (Wildman–Crippen LogP) is 4.10. The zero-order valence-corrected chi connectivity index (χ0v) is 10.4. The first-order valence-electron chi connectivity index (χ1n) is 5.97. The molecule has 0 amide bonds. The Morgan fingerprint density at radius 2 is 1.76 bits per heavy atom. The molecule has 0 radical (unpaired) electrons. The van der Waals surface area contributed by atoms with Crippen LogP contribution >= 0.6 is 0 Å². The Hall–Kier alpha value is -1.89. The summed E-state index contributed by atoms with van der Waals surface area (Å²) in [6.07, 6.45) is 1.96. The maximum absolute atomic E-state index is 4.31. The minimum Gasteiger partial charge on any atom is -0.293 e. The molecule has 0 N–H and O–H groups in total. The van der Waals surface area contributed by atoms with Crippen LogP contribution in [0.3, 0.4) is 0 Å². The van der Waals surface area contributed by atoms with Crippen LogP contribution in [0.1, 0.15) is 18.1 Å². The van der Waals surface area contributed by atoms with Gasteiger partial charge in [-0.3, -0.25) is 4.99 Å². The van der Waals surface area contributed by atoms with Crippen molar-refractivity contribution in [3.63, 3.8) is 0 Å². The summed E-state index contributed by atoms with van der Waals surface area (Å²) >= 11 is 0. The van der Waals surface area contributed by atoms with Crippen molar-refractivity contribution in [2.24, 2.45) is 4.99 Å². The lowest BCUT2D eigenvalue weighted by atomic mass is 10.0. The van der Waals surface area contributed by atoms with Crippen molar-refractivity contribution in [1.82, 2.24) is 0 Å². The van der Waals surface area contributed by atoms with Crippen LogP contribution in [0.15, 0.2) is 53.5 Å². The standard InChI is InChI=1S/C16H17N/c1-3-17-12-16-11-15(10-9-13(16)2)14-7-5-4-6-8-14/h4-12H,3H2,1-2H3. The van der Waals surface area contributed by atoms with Gasteiger partial charge in [-0.25, -0.2) is 0 Å². The number of aryl methyl sites for hydroxylation is 1. The summed E-state index contributed by atoms with van der Waals surface area (Å²) in [5.74, 6) is 0. The Morgan fingerprint density at radius 1 is 1.00 bits per heavy atom. The lowest BCUT2D eigenvalue weighted by Crippen LogP contribution is -1.89. The lowest BCUT2D eigenvalue weighted by Gasteiger charge is -2.05.